The molecule has 4 heteroatoms. The molecule has 0 aliphatic rings. The van der Waals surface area contributed by atoms with Gasteiger partial charge in [0, 0.05) is 6.04 Å². The van der Waals surface area contributed by atoms with E-state index in [1.54, 1.807) is 6.07 Å². The zero-order chi connectivity index (χ0) is 14.1. The molecule has 3 nitrogen and oxygen atoms in total. The van der Waals surface area contributed by atoms with Crippen LogP contribution in [0.25, 0.3) is 0 Å². The summed E-state index contributed by atoms with van der Waals surface area (Å²) in [6.07, 6.45) is 6.99. The van der Waals surface area contributed by atoms with Crippen molar-refractivity contribution in [2.24, 2.45) is 5.84 Å². The van der Waals surface area contributed by atoms with Gasteiger partial charge in [-0.15, -0.1) is 0 Å². The van der Waals surface area contributed by atoms with E-state index in [0.717, 1.165) is 18.4 Å². The van der Waals surface area contributed by atoms with Crippen molar-refractivity contribution in [3.8, 4) is 5.75 Å². The predicted octanol–water partition coefficient (Wildman–Crippen LogP) is 3.70. The first-order valence-electron chi connectivity index (χ1n) is 7.02. The molecular formula is C15H25FN2O. The van der Waals surface area contributed by atoms with Crippen LogP contribution in [0.4, 0.5) is 4.39 Å². The summed E-state index contributed by atoms with van der Waals surface area (Å²) in [5.74, 6) is 5.49. The van der Waals surface area contributed by atoms with E-state index in [1.807, 2.05) is 6.07 Å². The van der Waals surface area contributed by atoms with Crippen molar-refractivity contribution < 1.29 is 9.13 Å². The van der Waals surface area contributed by atoms with Crippen LogP contribution in [0.3, 0.4) is 0 Å². The van der Waals surface area contributed by atoms with Crippen molar-refractivity contribution in [3.63, 3.8) is 0 Å². The molecule has 1 aromatic carbocycles. The van der Waals surface area contributed by atoms with Crippen molar-refractivity contribution in [1.82, 2.24) is 5.43 Å². The number of hydrogen-bond donors (Lipinski definition) is 2. The molecule has 0 saturated heterocycles. The highest BCUT2D eigenvalue weighted by molar-refractivity contribution is 5.30. The Hall–Kier alpha value is -1.13. The first kappa shape index (κ1) is 15.9. The number of ether oxygens (including phenoxy) is 1. The van der Waals surface area contributed by atoms with Gasteiger partial charge >= 0.3 is 0 Å². The Morgan fingerprint density at radius 3 is 2.58 bits per heavy atom. The topological polar surface area (TPSA) is 47.3 Å². The summed E-state index contributed by atoms with van der Waals surface area (Å²) in [5.41, 5.74) is 3.64. The Labute approximate surface area is 115 Å². The standard InChI is InChI=1S/C15H25FN2O/c1-3-4-5-6-7-8-14(18-17)12-9-10-15(19-2)13(16)11-12/h9-11,14,18H,3-8,17H2,1-2H3. The fraction of sp³-hybridized carbons (Fsp3) is 0.600. The SMILES string of the molecule is CCCCCCCC(NN)c1ccc(OC)c(F)c1. The molecule has 0 aliphatic carbocycles. The molecule has 0 fully saturated rings. The summed E-state index contributed by atoms with van der Waals surface area (Å²) in [6.45, 7) is 2.20. The minimum absolute atomic E-state index is 0.00188. The molecule has 1 aromatic rings. The van der Waals surface area contributed by atoms with E-state index >= 15 is 0 Å². The van der Waals surface area contributed by atoms with Crippen LogP contribution in [0.5, 0.6) is 5.75 Å². The van der Waals surface area contributed by atoms with Crippen LogP contribution < -0.4 is 16.0 Å². The van der Waals surface area contributed by atoms with Crippen LogP contribution in [-0.4, -0.2) is 7.11 Å². The molecular weight excluding hydrogens is 243 g/mol. The lowest BCUT2D eigenvalue weighted by molar-refractivity contribution is 0.385. The van der Waals surface area contributed by atoms with Gasteiger partial charge in [-0.05, 0) is 24.1 Å². The number of unbranched alkanes of at least 4 members (excludes halogenated alkanes) is 4. The Balaban J connectivity index is 2.52. The van der Waals surface area contributed by atoms with E-state index in [1.165, 1.54) is 38.9 Å². The molecule has 19 heavy (non-hydrogen) atoms. The number of hydrazine groups is 1. The maximum absolute atomic E-state index is 13.6. The van der Waals surface area contributed by atoms with Gasteiger partial charge in [-0.1, -0.05) is 45.1 Å². The summed E-state index contributed by atoms with van der Waals surface area (Å²) in [7, 11) is 1.46. The number of halogens is 1. The van der Waals surface area contributed by atoms with Gasteiger partial charge in [-0.25, -0.2) is 4.39 Å². The van der Waals surface area contributed by atoms with Crippen molar-refractivity contribution in [2.45, 2.75) is 51.5 Å². The van der Waals surface area contributed by atoms with Gasteiger partial charge in [0.25, 0.3) is 0 Å². The third-order valence-electron chi connectivity index (χ3n) is 3.38. The Kier molecular flexibility index (Phi) is 7.45. The highest BCUT2D eigenvalue weighted by Gasteiger charge is 2.12. The van der Waals surface area contributed by atoms with Gasteiger partial charge in [0.2, 0.25) is 0 Å². The molecule has 0 bridgehead atoms. The molecule has 108 valence electrons. The highest BCUT2D eigenvalue weighted by atomic mass is 19.1. The van der Waals surface area contributed by atoms with E-state index < -0.39 is 0 Å². The average Bonchev–Trinajstić information content (AvgIpc) is 2.43. The van der Waals surface area contributed by atoms with E-state index in [-0.39, 0.29) is 17.6 Å². The molecule has 1 atom stereocenters. The second kappa shape index (κ2) is 8.88. The largest absolute Gasteiger partial charge is 0.494 e. The number of benzene rings is 1. The van der Waals surface area contributed by atoms with E-state index in [4.69, 9.17) is 10.6 Å². The highest BCUT2D eigenvalue weighted by Crippen LogP contribution is 2.24. The van der Waals surface area contributed by atoms with Gasteiger partial charge in [0.1, 0.15) is 0 Å². The van der Waals surface area contributed by atoms with Crippen molar-refractivity contribution in [1.29, 1.82) is 0 Å². The summed E-state index contributed by atoms with van der Waals surface area (Å²) < 4.78 is 18.6. The van der Waals surface area contributed by atoms with E-state index in [9.17, 15) is 4.39 Å². The molecule has 1 unspecified atom stereocenters. The van der Waals surface area contributed by atoms with Crippen molar-refractivity contribution in [3.05, 3.63) is 29.6 Å². The van der Waals surface area contributed by atoms with Gasteiger partial charge in [-0.2, -0.15) is 0 Å². The second-order valence-corrected chi connectivity index (χ2v) is 4.82. The lowest BCUT2D eigenvalue weighted by atomic mass is 10.00. The third kappa shape index (κ3) is 5.17. The molecule has 0 spiro atoms. The minimum Gasteiger partial charge on any atom is -0.494 e. The molecule has 0 heterocycles. The van der Waals surface area contributed by atoms with E-state index in [0.29, 0.717) is 0 Å². The molecule has 3 N–H and O–H groups in total. The first-order valence-corrected chi connectivity index (χ1v) is 7.02. The lowest BCUT2D eigenvalue weighted by Gasteiger charge is -2.17. The number of nitrogens with two attached hydrogens (primary N) is 1. The number of methoxy groups -OCH3 is 1. The van der Waals surface area contributed by atoms with E-state index in [2.05, 4.69) is 12.3 Å². The summed E-state index contributed by atoms with van der Waals surface area (Å²) in [5, 5.41) is 0. The molecule has 0 aromatic heterocycles. The molecule has 0 saturated carbocycles. The Bertz CT molecular complexity index is 371. The minimum atomic E-state index is -0.341. The normalized spacial score (nSPS) is 12.4. The number of nitrogens with one attached hydrogen (secondary N) is 1. The van der Waals surface area contributed by atoms with Crippen LogP contribution in [0.15, 0.2) is 18.2 Å². The van der Waals surface area contributed by atoms with Crippen LogP contribution in [0.2, 0.25) is 0 Å². The lowest BCUT2D eigenvalue weighted by Crippen LogP contribution is -2.28. The maximum atomic E-state index is 13.6. The zero-order valence-electron chi connectivity index (χ0n) is 11.9. The van der Waals surface area contributed by atoms with Crippen LogP contribution in [-0.2, 0) is 0 Å². The fourth-order valence-electron chi connectivity index (χ4n) is 2.20. The maximum Gasteiger partial charge on any atom is 0.165 e. The Morgan fingerprint density at radius 2 is 2.00 bits per heavy atom. The summed E-state index contributed by atoms with van der Waals surface area (Å²) >= 11 is 0. The fourth-order valence-corrected chi connectivity index (χ4v) is 2.20. The van der Waals surface area contributed by atoms with Crippen molar-refractivity contribution >= 4 is 0 Å². The molecule has 0 aliphatic heterocycles. The second-order valence-electron chi connectivity index (χ2n) is 4.82. The van der Waals surface area contributed by atoms with Gasteiger partial charge < -0.3 is 4.74 Å². The van der Waals surface area contributed by atoms with Crippen LogP contribution in [0, 0.1) is 5.82 Å². The zero-order valence-corrected chi connectivity index (χ0v) is 11.9. The predicted molar refractivity (Wildman–Crippen MR) is 76.4 cm³/mol. The molecule has 0 radical (unpaired) electrons. The van der Waals surface area contributed by atoms with Gasteiger partial charge in [-0.3, -0.25) is 11.3 Å². The average molecular weight is 268 g/mol. The molecule has 0 amide bonds. The Morgan fingerprint density at radius 1 is 1.26 bits per heavy atom. The van der Waals surface area contributed by atoms with Crippen LogP contribution >= 0.6 is 0 Å². The third-order valence-corrected chi connectivity index (χ3v) is 3.38. The monoisotopic (exact) mass is 268 g/mol. The summed E-state index contributed by atoms with van der Waals surface area (Å²) in [6, 6.07) is 5.00. The number of rotatable bonds is 9. The van der Waals surface area contributed by atoms with Gasteiger partial charge in [0.15, 0.2) is 11.6 Å². The van der Waals surface area contributed by atoms with Crippen LogP contribution in [0.1, 0.15) is 57.1 Å². The smallest absolute Gasteiger partial charge is 0.165 e. The quantitative estimate of drug-likeness (QED) is 0.408. The number of hydrogen-bond acceptors (Lipinski definition) is 3. The van der Waals surface area contributed by atoms with Gasteiger partial charge in [0.05, 0.1) is 7.11 Å². The van der Waals surface area contributed by atoms with Crippen molar-refractivity contribution in [2.75, 3.05) is 7.11 Å². The molecule has 1 rings (SSSR count). The summed E-state index contributed by atoms with van der Waals surface area (Å²) in [4.78, 5) is 0. The first-order chi connectivity index (χ1) is 9.22.